The Morgan fingerprint density at radius 3 is 2.76 bits per heavy atom. The van der Waals surface area contributed by atoms with E-state index in [0.29, 0.717) is 17.9 Å². The Balaban J connectivity index is 1.39. The highest BCUT2D eigenvalue weighted by Gasteiger charge is 2.46. The zero-order valence-corrected chi connectivity index (χ0v) is 14.9. The monoisotopic (exact) mass is 339 g/mol. The second-order valence-electron chi connectivity index (χ2n) is 7.30. The largest absolute Gasteiger partial charge is 0.497 e. The topological polar surface area (TPSA) is 47.4 Å². The van der Waals surface area contributed by atoms with E-state index in [4.69, 9.17) is 4.74 Å². The highest BCUT2D eigenvalue weighted by Crippen LogP contribution is 2.49. The molecule has 0 spiro atoms. The van der Waals surface area contributed by atoms with Crippen LogP contribution in [0.4, 0.5) is 0 Å². The summed E-state index contributed by atoms with van der Waals surface area (Å²) in [5.74, 6) is 1.69. The van der Waals surface area contributed by atoms with Gasteiger partial charge in [-0.25, -0.2) is 0 Å². The molecule has 2 heterocycles. The Kier molecular flexibility index (Phi) is 4.24. The van der Waals surface area contributed by atoms with Gasteiger partial charge in [0.2, 0.25) is 5.91 Å². The van der Waals surface area contributed by atoms with Crippen molar-refractivity contribution in [3.8, 4) is 5.75 Å². The lowest BCUT2D eigenvalue weighted by atomic mass is 10.0. The molecule has 5 heteroatoms. The molecule has 4 rings (SSSR count). The van der Waals surface area contributed by atoms with Crippen molar-refractivity contribution in [1.82, 2.24) is 14.7 Å². The number of hydrogen-bond acceptors (Lipinski definition) is 3. The van der Waals surface area contributed by atoms with Crippen LogP contribution in [0.15, 0.2) is 36.7 Å². The summed E-state index contributed by atoms with van der Waals surface area (Å²) < 4.78 is 7.24. The van der Waals surface area contributed by atoms with Crippen LogP contribution in [0.25, 0.3) is 0 Å². The van der Waals surface area contributed by atoms with Gasteiger partial charge in [0.1, 0.15) is 5.75 Å². The number of aryl methyl sites for hydroxylation is 1. The Morgan fingerprint density at radius 1 is 1.28 bits per heavy atom. The number of likely N-dealkylation sites (tertiary alicyclic amines) is 1. The van der Waals surface area contributed by atoms with E-state index in [9.17, 15) is 4.79 Å². The minimum atomic E-state index is 0.145. The maximum atomic E-state index is 12.9. The molecule has 1 amide bonds. The van der Waals surface area contributed by atoms with Gasteiger partial charge in [-0.3, -0.25) is 9.48 Å². The average Bonchev–Trinajstić information content (AvgIpc) is 3.34. The van der Waals surface area contributed by atoms with Gasteiger partial charge >= 0.3 is 0 Å². The maximum absolute atomic E-state index is 12.9. The smallest absolute Gasteiger partial charge is 0.226 e. The summed E-state index contributed by atoms with van der Waals surface area (Å²) in [5.41, 5.74) is 2.42. The lowest BCUT2D eigenvalue weighted by Crippen LogP contribution is -2.41. The van der Waals surface area contributed by atoms with Crippen LogP contribution in [0.2, 0.25) is 0 Å². The van der Waals surface area contributed by atoms with E-state index in [1.54, 1.807) is 7.11 Å². The first-order valence-corrected chi connectivity index (χ1v) is 9.09. The predicted molar refractivity (Wildman–Crippen MR) is 95.7 cm³/mol. The fraction of sp³-hybridized carbons (Fsp3) is 0.500. The summed E-state index contributed by atoms with van der Waals surface area (Å²) in [6, 6.07) is 8.44. The number of hydrogen-bond donors (Lipinski definition) is 0. The van der Waals surface area contributed by atoms with E-state index in [-0.39, 0.29) is 5.92 Å². The van der Waals surface area contributed by atoms with E-state index in [2.05, 4.69) is 35.3 Å². The van der Waals surface area contributed by atoms with Crippen molar-refractivity contribution in [2.75, 3.05) is 20.2 Å². The zero-order chi connectivity index (χ0) is 17.4. The molecular weight excluding hydrogens is 314 g/mol. The number of carbonyl (C=O) groups is 1. The molecule has 0 bridgehead atoms. The third-order valence-electron chi connectivity index (χ3n) is 5.46. The van der Waals surface area contributed by atoms with E-state index in [1.165, 1.54) is 11.1 Å². The molecule has 2 aromatic rings. The molecule has 2 fully saturated rings. The number of carbonyl (C=O) groups excluding carboxylic acids is 1. The van der Waals surface area contributed by atoms with E-state index < -0.39 is 0 Å². The number of rotatable bonds is 4. The quantitative estimate of drug-likeness (QED) is 0.859. The first-order valence-electron chi connectivity index (χ1n) is 9.09. The summed E-state index contributed by atoms with van der Waals surface area (Å²) in [6.07, 6.45) is 7.08. The minimum Gasteiger partial charge on any atom is -0.497 e. The number of methoxy groups -OCH3 is 1. The standard InChI is InChI=1S/C20H25N3O2/c1-14-11-21-23(12-14)16-4-3-9-22(13-16)20(24)19-10-18(19)15-5-7-17(25-2)8-6-15/h5-8,11-12,16,18-19H,3-4,9-10,13H2,1-2H3/t16-,18+,19+/m1/s1. The van der Waals surface area contributed by atoms with Gasteiger partial charge in [0.25, 0.3) is 0 Å². The summed E-state index contributed by atoms with van der Waals surface area (Å²) in [4.78, 5) is 15.0. The molecule has 0 N–H and O–H groups in total. The lowest BCUT2D eigenvalue weighted by molar-refractivity contribution is -0.134. The normalized spacial score (nSPS) is 25.7. The van der Waals surface area contributed by atoms with Crippen LogP contribution in [0.5, 0.6) is 5.75 Å². The molecule has 5 nitrogen and oxygen atoms in total. The molecule has 132 valence electrons. The Labute approximate surface area is 148 Å². The third-order valence-corrected chi connectivity index (χ3v) is 5.46. The number of nitrogens with zero attached hydrogens (tertiary/aromatic N) is 3. The predicted octanol–water partition coefficient (Wildman–Crippen LogP) is 3.17. The van der Waals surface area contributed by atoms with Gasteiger partial charge < -0.3 is 9.64 Å². The molecule has 0 unspecified atom stereocenters. The molecule has 25 heavy (non-hydrogen) atoms. The van der Waals surface area contributed by atoms with Crippen molar-refractivity contribution in [2.45, 2.75) is 38.1 Å². The van der Waals surface area contributed by atoms with Crippen LogP contribution in [0, 0.1) is 12.8 Å². The first kappa shape index (κ1) is 16.2. The van der Waals surface area contributed by atoms with Crippen LogP contribution in [0.1, 0.15) is 42.3 Å². The summed E-state index contributed by atoms with van der Waals surface area (Å²) >= 11 is 0. The van der Waals surface area contributed by atoms with Crippen molar-refractivity contribution < 1.29 is 9.53 Å². The average molecular weight is 339 g/mol. The van der Waals surface area contributed by atoms with Gasteiger partial charge in [-0.05, 0) is 55.4 Å². The Hall–Kier alpha value is -2.30. The van der Waals surface area contributed by atoms with Gasteiger partial charge in [0.05, 0.1) is 19.3 Å². The number of amides is 1. The van der Waals surface area contributed by atoms with Gasteiger partial charge in [-0.15, -0.1) is 0 Å². The number of piperidine rings is 1. The van der Waals surface area contributed by atoms with Crippen LogP contribution in [-0.4, -0.2) is 40.8 Å². The van der Waals surface area contributed by atoms with E-state index in [1.807, 2.05) is 23.0 Å². The molecular formula is C20H25N3O2. The summed E-state index contributed by atoms with van der Waals surface area (Å²) in [7, 11) is 1.67. The molecule has 1 saturated heterocycles. The third kappa shape index (κ3) is 3.28. The fourth-order valence-corrected chi connectivity index (χ4v) is 3.93. The molecule has 3 atom stereocenters. The molecule has 1 aliphatic heterocycles. The second kappa shape index (κ2) is 6.54. The van der Waals surface area contributed by atoms with Crippen LogP contribution in [0.3, 0.4) is 0 Å². The van der Waals surface area contributed by atoms with Crippen LogP contribution < -0.4 is 4.74 Å². The number of ether oxygens (including phenoxy) is 1. The minimum absolute atomic E-state index is 0.145. The van der Waals surface area contributed by atoms with Gasteiger partial charge in [-0.2, -0.15) is 5.10 Å². The highest BCUT2D eigenvalue weighted by molar-refractivity contribution is 5.83. The Bertz CT molecular complexity index is 753. The molecule has 1 aromatic heterocycles. The number of aromatic nitrogens is 2. The molecule has 2 aliphatic rings. The van der Waals surface area contributed by atoms with Gasteiger partial charge in [0.15, 0.2) is 0 Å². The van der Waals surface area contributed by atoms with Crippen molar-refractivity contribution in [3.05, 3.63) is 47.8 Å². The van der Waals surface area contributed by atoms with Crippen molar-refractivity contribution in [2.24, 2.45) is 5.92 Å². The SMILES string of the molecule is COc1ccc([C@@H]2C[C@@H]2C(=O)N2CCC[C@@H](n3cc(C)cn3)C2)cc1. The number of benzene rings is 1. The van der Waals surface area contributed by atoms with Crippen LogP contribution >= 0.6 is 0 Å². The maximum Gasteiger partial charge on any atom is 0.226 e. The van der Waals surface area contributed by atoms with Crippen molar-refractivity contribution >= 4 is 5.91 Å². The van der Waals surface area contributed by atoms with E-state index >= 15 is 0 Å². The Morgan fingerprint density at radius 2 is 2.08 bits per heavy atom. The molecule has 1 aromatic carbocycles. The second-order valence-corrected chi connectivity index (χ2v) is 7.30. The van der Waals surface area contributed by atoms with Gasteiger partial charge in [-0.1, -0.05) is 12.1 Å². The molecule has 1 saturated carbocycles. The van der Waals surface area contributed by atoms with E-state index in [0.717, 1.165) is 38.1 Å². The summed E-state index contributed by atoms with van der Waals surface area (Å²) in [5, 5.41) is 4.44. The highest BCUT2D eigenvalue weighted by atomic mass is 16.5. The van der Waals surface area contributed by atoms with Crippen molar-refractivity contribution in [3.63, 3.8) is 0 Å². The lowest BCUT2D eigenvalue weighted by Gasteiger charge is -2.33. The summed E-state index contributed by atoms with van der Waals surface area (Å²) in [6.45, 7) is 3.71. The molecule has 0 radical (unpaired) electrons. The van der Waals surface area contributed by atoms with Crippen molar-refractivity contribution in [1.29, 1.82) is 0 Å². The zero-order valence-electron chi connectivity index (χ0n) is 14.9. The first-order chi connectivity index (χ1) is 12.2. The van der Waals surface area contributed by atoms with Gasteiger partial charge in [0, 0.05) is 25.2 Å². The molecule has 1 aliphatic carbocycles. The fourth-order valence-electron chi connectivity index (χ4n) is 3.93. The van der Waals surface area contributed by atoms with Crippen LogP contribution in [-0.2, 0) is 4.79 Å².